The fraction of sp³-hybridized carbons (Fsp3) is 0.174. The predicted octanol–water partition coefficient (Wildman–Crippen LogP) is 4.69. The Morgan fingerprint density at radius 2 is 1.63 bits per heavy atom. The van der Waals surface area contributed by atoms with Gasteiger partial charge in [0.25, 0.3) is 0 Å². The van der Waals surface area contributed by atoms with Crippen LogP contribution < -0.4 is 13.8 Å². The second-order valence-electron chi connectivity index (χ2n) is 8.06. The van der Waals surface area contributed by atoms with Crippen molar-refractivity contribution in [1.29, 1.82) is 0 Å². The molecule has 1 atom stereocenters. The van der Waals surface area contributed by atoms with Crippen molar-refractivity contribution in [3.8, 4) is 17.2 Å². The fourth-order valence-electron chi connectivity index (χ4n) is 4.17. The summed E-state index contributed by atoms with van der Waals surface area (Å²) >= 11 is 0. The first-order valence-corrected chi connectivity index (χ1v) is 11.4. The summed E-state index contributed by atoms with van der Waals surface area (Å²) in [6.07, 6.45) is 0. The average molecular weight is 509 g/mol. The molecule has 1 spiro atoms. The van der Waals surface area contributed by atoms with E-state index in [0.717, 1.165) is 6.07 Å². The molecular weight excluding hydrogens is 494 g/mol. The van der Waals surface area contributed by atoms with Gasteiger partial charge in [-0.1, -0.05) is 18.2 Å². The first-order chi connectivity index (χ1) is 16.3. The standard InChI is InChI=1S/C23H15F4NO6S/c1-28(2)12-7-8-15-18(9-12)32-19-11-20(34-35(30,31)23(25,26)27)17(24)10-16(19)22(15)14-6-4-3-5-13(14)21(29)33-22/h3-11H,1-2H3. The van der Waals surface area contributed by atoms with Gasteiger partial charge < -0.3 is 18.6 Å². The van der Waals surface area contributed by atoms with E-state index in [1.165, 1.54) is 6.07 Å². The van der Waals surface area contributed by atoms with Gasteiger partial charge >= 0.3 is 21.6 Å². The lowest BCUT2D eigenvalue weighted by atomic mass is 9.77. The Hall–Kier alpha value is -3.80. The van der Waals surface area contributed by atoms with E-state index in [4.69, 9.17) is 9.47 Å². The molecule has 0 aromatic heterocycles. The number of esters is 1. The number of ether oxygens (including phenoxy) is 2. The SMILES string of the molecule is CN(C)c1ccc2c(c1)Oc1cc(OS(=O)(=O)C(F)(F)F)c(F)cc1C21OC(=O)c2ccccc21. The minimum atomic E-state index is -6.15. The van der Waals surface area contributed by atoms with Crippen LogP contribution in [0.15, 0.2) is 54.6 Å². The number of anilines is 1. The van der Waals surface area contributed by atoms with Crippen LogP contribution in [0.3, 0.4) is 0 Å². The molecule has 0 amide bonds. The summed E-state index contributed by atoms with van der Waals surface area (Å²) < 4.78 is 92.2. The molecule has 2 aliphatic heterocycles. The van der Waals surface area contributed by atoms with Crippen LogP contribution in [0.1, 0.15) is 27.0 Å². The van der Waals surface area contributed by atoms with Gasteiger partial charge in [0.1, 0.15) is 11.5 Å². The molecule has 1 unspecified atom stereocenters. The topological polar surface area (TPSA) is 82.1 Å². The minimum Gasteiger partial charge on any atom is -0.456 e. The summed E-state index contributed by atoms with van der Waals surface area (Å²) in [5, 5.41) is 0. The molecule has 0 fully saturated rings. The smallest absolute Gasteiger partial charge is 0.456 e. The van der Waals surface area contributed by atoms with Crippen LogP contribution in [-0.2, 0) is 20.5 Å². The Balaban J connectivity index is 1.77. The normalized spacial score (nSPS) is 18.3. The third kappa shape index (κ3) is 3.31. The summed E-state index contributed by atoms with van der Waals surface area (Å²) in [6.45, 7) is 0. The zero-order chi connectivity index (χ0) is 25.3. The lowest BCUT2D eigenvalue weighted by Crippen LogP contribution is -2.33. The lowest BCUT2D eigenvalue weighted by molar-refractivity contribution is -0.0501. The van der Waals surface area contributed by atoms with E-state index >= 15 is 0 Å². The summed E-state index contributed by atoms with van der Waals surface area (Å²) in [6, 6.07) is 12.8. The summed E-state index contributed by atoms with van der Waals surface area (Å²) in [5.74, 6) is -3.41. The summed E-state index contributed by atoms with van der Waals surface area (Å²) in [5.41, 5.74) is -5.90. The van der Waals surface area contributed by atoms with E-state index in [2.05, 4.69) is 4.18 Å². The zero-order valence-electron chi connectivity index (χ0n) is 18.0. The van der Waals surface area contributed by atoms with Crippen LogP contribution in [0.5, 0.6) is 17.2 Å². The van der Waals surface area contributed by atoms with Crippen molar-refractivity contribution >= 4 is 21.8 Å². The minimum absolute atomic E-state index is 0.0461. The lowest BCUT2D eigenvalue weighted by Gasteiger charge is -2.37. The van der Waals surface area contributed by atoms with E-state index in [-0.39, 0.29) is 22.6 Å². The average Bonchev–Trinajstić information content (AvgIpc) is 3.07. The van der Waals surface area contributed by atoms with E-state index in [0.29, 0.717) is 22.9 Å². The molecule has 0 radical (unpaired) electrons. The summed E-state index contributed by atoms with van der Waals surface area (Å²) in [7, 11) is -2.62. The van der Waals surface area contributed by atoms with E-state index in [1.54, 1.807) is 55.4 Å². The maximum atomic E-state index is 15.0. The number of benzene rings is 3. The van der Waals surface area contributed by atoms with Crippen molar-refractivity contribution in [1.82, 2.24) is 0 Å². The number of alkyl halides is 3. The molecule has 2 aliphatic rings. The van der Waals surface area contributed by atoms with Crippen molar-refractivity contribution in [2.24, 2.45) is 0 Å². The molecule has 0 bridgehead atoms. The molecule has 0 saturated carbocycles. The number of hydrogen-bond donors (Lipinski definition) is 0. The van der Waals surface area contributed by atoms with Crippen LogP contribution in [0.25, 0.3) is 0 Å². The molecule has 2 heterocycles. The number of hydrogen-bond acceptors (Lipinski definition) is 7. The fourth-order valence-corrected chi connectivity index (χ4v) is 4.63. The van der Waals surface area contributed by atoms with Gasteiger partial charge in [-0.25, -0.2) is 9.18 Å². The van der Waals surface area contributed by atoms with Crippen molar-refractivity contribution in [2.75, 3.05) is 19.0 Å². The van der Waals surface area contributed by atoms with Gasteiger partial charge in [0.2, 0.25) is 0 Å². The van der Waals surface area contributed by atoms with E-state index < -0.39 is 38.8 Å². The molecule has 0 aliphatic carbocycles. The highest BCUT2D eigenvalue weighted by Crippen LogP contribution is 2.57. The predicted molar refractivity (Wildman–Crippen MR) is 115 cm³/mol. The van der Waals surface area contributed by atoms with Crippen LogP contribution in [0.4, 0.5) is 23.2 Å². The van der Waals surface area contributed by atoms with Gasteiger partial charge in [0.05, 0.1) is 11.1 Å². The van der Waals surface area contributed by atoms with Gasteiger partial charge in [-0.15, -0.1) is 0 Å². The largest absolute Gasteiger partial charge is 0.534 e. The Bertz CT molecular complexity index is 1500. The highest BCUT2D eigenvalue weighted by molar-refractivity contribution is 7.88. The van der Waals surface area contributed by atoms with Gasteiger partial charge in [0.15, 0.2) is 17.2 Å². The van der Waals surface area contributed by atoms with Crippen molar-refractivity contribution in [3.05, 3.63) is 82.7 Å². The Kier molecular flexibility index (Phi) is 4.82. The van der Waals surface area contributed by atoms with Crippen molar-refractivity contribution in [3.63, 3.8) is 0 Å². The molecular formula is C23H15F4NO6S. The van der Waals surface area contributed by atoms with Gasteiger partial charge in [0, 0.05) is 43.0 Å². The van der Waals surface area contributed by atoms with Crippen LogP contribution in [-0.4, -0.2) is 34.0 Å². The maximum absolute atomic E-state index is 15.0. The van der Waals surface area contributed by atoms with Crippen LogP contribution in [0, 0.1) is 5.82 Å². The van der Waals surface area contributed by atoms with Crippen LogP contribution >= 0.6 is 0 Å². The number of carbonyl (C=O) groups excluding carboxylic acids is 1. The maximum Gasteiger partial charge on any atom is 0.534 e. The van der Waals surface area contributed by atoms with Crippen LogP contribution in [0.2, 0.25) is 0 Å². The van der Waals surface area contributed by atoms with Crippen molar-refractivity contribution < 1.29 is 44.4 Å². The molecule has 3 aromatic carbocycles. The number of rotatable bonds is 3. The van der Waals surface area contributed by atoms with Gasteiger partial charge in [-0.2, -0.15) is 21.6 Å². The number of carbonyl (C=O) groups is 1. The molecule has 3 aromatic rings. The molecule has 12 heteroatoms. The van der Waals surface area contributed by atoms with Crippen molar-refractivity contribution in [2.45, 2.75) is 11.1 Å². The third-order valence-corrected chi connectivity index (χ3v) is 6.72. The number of nitrogens with zero attached hydrogens (tertiary/aromatic N) is 1. The molecule has 182 valence electrons. The Morgan fingerprint density at radius 1 is 0.943 bits per heavy atom. The second-order valence-corrected chi connectivity index (χ2v) is 9.59. The zero-order valence-corrected chi connectivity index (χ0v) is 18.8. The monoisotopic (exact) mass is 509 g/mol. The first kappa shape index (κ1) is 23.0. The molecule has 0 saturated heterocycles. The second kappa shape index (κ2) is 7.35. The molecule has 35 heavy (non-hydrogen) atoms. The molecule has 7 nitrogen and oxygen atoms in total. The van der Waals surface area contributed by atoms with E-state index in [1.807, 2.05) is 0 Å². The van der Waals surface area contributed by atoms with Gasteiger partial charge in [-0.05, 0) is 24.3 Å². The van der Waals surface area contributed by atoms with E-state index in [9.17, 15) is 30.8 Å². The molecule has 0 N–H and O–H groups in total. The number of halogens is 4. The third-order valence-electron chi connectivity index (χ3n) is 5.75. The Morgan fingerprint density at radius 3 is 2.31 bits per heavy atom. The Labute approximate surface area is 196 Å². The first-order valence-electron chi connectivity index (χ1n) is 10.0. The quantitative estimate of drug-likeness (QED) is 0.219. The summed E-state index contributed by atoms with van der Waals surface area (Å²) in [4.78, 5) is 14.5. The number of fused-ring (bicyclic) bond motifs is 6. The molecule has 5 rings (SSSR count). The highest BCUT2D eigenvalue weighted by atomic mass is 32.2. The highest BCUT2D eigenvalue weighted by Gasteiger charge is 2.54. The van der Waals surface area contributed by atoms with Gasteiger partial charge in [-0.3, -0.25) is 0 Å².